The number of hydrogen-bond donors (Lipinski definition) is 1. The van der Waals surface area contributed by atoms with Crippen molar-refractivity contribution in [3.8, 4) is 5.69 Å². The zero-order chi connectivity index (χ0) is 20.2. The molecule has 0 aliphatic heterocycles. The normalized spacial score (nSPS) is 11.1. The Kier molecular flexibility index (Phi) is 5.43. The van der Waals surface area contributed by atoms with Crippen molar-refractivity contribution in [3.05, 3.63) is 102 Å². The quantitative estimate of drug-likeness (QED) is 0.450. The summed E-state index contributed by atoms with van der Waals surface area (Å²) in [5, 5.41) is 10.1. The molecule has 3 nitrogen and oxygen atoms in total. The van der Waals surface area contributed by atoms with Gasteiger partial charge < -0.3 is 9.67 Å². The Morgan fingerprint density at radius 2 is 1.59 bits per heavy atom. The van der Waals surface area contributed by atoms with Crippen molar-refractivity contribution < 1.29 is 14.3 Å². The fourth-order valence-electron chi connectivity index (χ4n) is 3.68. The van der Waals surface area contributed by atoms with Crippen LogP contribution in [0, 0.1) is 5.82 Å². The Labute approximate surface area is 169 Å². The van der Waals surface area contributed by atoms with Crippen LogP contribution in [-0.2, 0) is 24.1 Å². The van der Waals surface area contributed by atoms with Crippen LogP contribution < -0.4 is 0 Å². The summed E-state index contributed by atoms with van der Waals surface area (Å²) in [4.78, 5) is 10.9. The number of para-hydroxylation sites is 1. The van der Waals surface area contributed by atoms with Crippen LogP contribution in [0.5, 0.6) is 0 Å². The van der Waals surface area contributed by atoms with Crippen molar-refractivity contribution in [3.63, 3.8) is 0 Å². The number of nitrogens with zero attached hydrogens (tertiary/aromatic N) is 1. The van der Waals surface area contributed by atoms with Gasteiger partial charge in [-0.2, -0.15) is 0 Å². The monoisotopic (exact) mass is 387 g/mol. The number of halogens is 1. The first-order chi connectivity index (χ1) is 14.1. The first-order valence-corrected chi connectivity index (χ1v) is 9.75. The van der Waals surface area contributed by atoms with Gasteiger partial charge in [0.2, 0.25) is 0 Å². The van der Waals surface area contributed by atoms with Crippen LogP contribution in [0.4, 0.5) is 4.39 Å². The van der Waals surface area contributed by atoms with E-state index in [2.05, 4.69) is 35.0 Å². The van der Waals surface area contributed by atoms with Gasteiger partial charge in [0.05, 0.1) is 5.52 Å². The van der Waals surface area contributed by atoms with Gasteiger partial charge in [0.25, 0.3) is 0 Å². The van der Waals surface area contributed by atoms with E-state index < -0.39 is 5.97 Å². The number of hydrogen-bond acceptors (Lipinski definition) is 1. The number of aryl methyl sites for hydroxylation is 3. The van der Waals surface area contributed by atoms with Crippen molar-refractivity contribution in [1.82, 2.24) is 4.57 Å². The summed E-state index contributed by atoms with van der Waals surface area (Å²) in [6.07, 6.45) is 4.43. The Hall–Kier alpha value is -3.40. The van der Waals surface area contributed by atoms with E-state index in [1.165, 1.54) is 17.7 Å². The van der Waals surface area contributed by atoms with E-state index in [4.69, 9.17) is 5.11 Å². The first kappa shape index (κ1) is 18.9. The molecular weight excluding hydrogens is 365 g/mol. The van der Waals surface area contributed by atoms with Crippen LogP contribution in [0.3, 0.4) is 0 Å². The van der Waals surface area contributed by atoms with E-state index in [1.807, 2.05) is 36.4 Å². The lowest BCUT2D eigenvalue weighted by atomic mass is 10.0. The number of carbonyl (C=O) groups is 1. The van der Waals surface area contributed by atoms with Crippen LogP contribution in [-0.4, -0.2) is 15.6 Å². The number of aliphatic carboxylic acids is 1. The van der Waals surface area contributed by atoms with Gasteiger partial charge in [0.1, 0.15) is 5.82 Å². The molecular formula is C25H22FNO2. The maximum absolute atomic E-state index is 13.2. The van der Waals surface area contributed by atoms with E-state index in [0.717, 1.165) is 40.6 Å². The smallest absolute Gasteiger partial charge is 0.303 e. The molecule has 0 saturated carbocycles. The molecule has 0 saturated heterocycles. The van der Waals surface area contributed by atoms with E-state index in [-0.39, 0.29) is 12.2 Å². The second-order valence-corrected chi connectivity index (χ2v) is 7.23. The molecule has 1 aromatic heterocycles. The second-order valence-electron chi connectivity index (χ2n) is 7.23. The van der Waals surface area contributed by atoms with E-state index in [9.17, 15) is 9.18 Å². The highest BCUT2D eigenvalue weighted by Gasteiger charge is 2.12. The summed E-state index contributed by atoms with van der Waals surface area (Å²) in [5.41, 5.74) is 5.50. The Balaban J connectivity index is 1.70. The highest BCUT2D eigenvalue weighted by atomic mass is 19.1. The number of benzene rings is 3. The van der Waals surface area contributed by atoms with E-state index in [1.54, 1.807) is 0 Å². The minimum atomic E-state index is -0.788. The predicted molar refractivity (Wildman–Crippen MR) is 113 cm³/mol. The molecule has 4 heteroatoms. The minimum Gasteiger partial charge on any atom is -0.481 e. The van der Waals surface area contributed by atoms with E-state index >= 15 is 0 Å². The molecule has 0 fully saturated rings. The van der Waals surface area contributed by atoms with Gasteiger partial charge in [0, 0.05) is 23.7 Å². The molecule has 3 aromatic carbocycles. The van der Waals surface area contributed by atoms with Crippen LogP contribution in [0.1, 0.15) is 23.1 Å². The van der Waals surface area contributed by atoms with E-state index in [0.29, 0.717) is 6.42 Å². The fraction of sp³-hybridized carbons (Fsp3) is 0.160. The van der Waals surface area contributed by atoms with Crippen molar-refractivity contribution in [2.24, 2.45) is 0 Å². The minimum absolute atomic E-state index is 0.121. The van der Waals surface area contributed by atoms with Crippen molar-refractivity contribution in [2.45, 2.75) is 25.7 Å². The van der Waals surface area contributed by atoms with Crippen LogP contribution in [0.15, 0.2) is 79.0 Å². The lowest BCUT2D eigenvalue weighted by Gasteiger charge is -2.06. The molecule has 0 unspecified atom stereocenters. The van der Waals surface area contributed by atoms with Crippen LogP contribution in [0.25, 0.3) is 16.6 Å². The average Bonchev–Trinajstić information content (AvgIpc) is 3.10. The summed E-state index contributed by atoms with van der Waals surface area (Å²) >= 11 is 0. The fourth-order valence-corrected chi connectivity index (χ4v) is 3.68. The molecule has 1 heterocycles. The largest absolute Gasteiger partial charge is 0.481 e. The van der Waals surface area contributed by atoms with Gasteiger partial charge in [-0.05, 0) is 72.4 Å². The number of aromatic nitrogens is 1. The van der Waals surface area contributed by atoms with Crippen molar-refractivity contribution in [1.29, 1.82) is 0 Å². The van der Waals surface area contributed by atoms with Gasteiger partial charge in [-0.25, -0.2) is 4.39 Å². The third kappa shape index (κ3) is 4.37. The summed E-state index contributed by atoms with van der Waals surface area (Å²) in [7, 11) is 0. The summed E-state index contributed by atoms with van der Waals surface area (Å²) in [6, 6.07) is 23.0. The maximum Gasteiger partial charge on any atom is 0.303 e. The Morgan fingerprint density at radius 3 is 2.31 bits per heavy atom. The molecule has 1 N–H and O–H groups in total. The zero-order valence-corrected chi connectivity index (χ0v) is 16.0. The van der Waals surface area contributed by atoms with Crippen molar-refractivity contribution >= 4 is 16.9 Å². The van der Waals surface area contributed by atoms with Gasteiger partial charge >= 0.3 is 5.97 Å². The molecule has 4 rings (SSSR count). The molecule has 0 aliphatic rings. The summed E-state index contributed by atoms with van der Waals surface area (Å²) < 4.78 is 15.4. The molecule has 0 spiro atoms. The lowest BCUT2D eigenvalue weighted by Crippen LogP contribution is -1.97. The highest BCUT2D eigenvalue weighted by Crippen LogP contribution is 2.28. The number of carboxylic acids is 1. The molecule has 0 bridgehead atoms. The number of rotatable bonds is 7. The first-order valence-electron chi connectivity index (χ1n) is 9.75. The zero-order valence-electron chi connectivity index (χ0n) is 16.0. The predicted octanol–water partition coefficient (Wildman–Crippen LogP) is 5.57. The molecule has 146 valence electrons. The van der Waals surface area contributed by atoms with Gasteiger partial charge in [-0.15, -0.1) is 0 Å². The molecule has 4 aromatic rings. The summed E-state index contributed by atoms with van der Waals surface area (Å²) in [6.45, 7) is 0. The second kappa shape index (κ2) is 8.31. The van der Waals surface area contributed by atoms with Gasteiger partial charge in [-0.1, -0.05) is 36.4 Å². The van der Waals surface area contributed by atoms with Gasteiger partial charge in [0.15, 0.2) is 0 Å². The Morgan fingerprint density at radius 1 is 0.862 bits per heavy atom. The number of fused-ring (bicyclic) bond motifs is 1. The molecule has 0 aliphatic carbocycles. The molecule has 0 radical (unpaired) electrons. The standard InChI is InChI=1S/C25H22FNO2/c26-21-12-7-18(8-13-21)6-11-20-17-27(22-4-2-1-3-5-22)24-14-9-19(16-23(20)24)10-15-25(28)29/h1-5,7-9,12-14,16-17H,6,10-11,15H2,(H,28,29). The van der Waals surface area contributed by atoms with Crippen molar-refractivity contribution in [2.75, 3.05) is 0 Å². The Bertz CT molecular complexity index is 1130. The number of carboxylic acid groups (broad SMARTS) is 1. The SMILES string of the molecule is O=C(O)CCc1ccc2c(c1)c(CCc1ccc(F)cc1)cn2-c1ccccc1. The van der Waals surface area contributed by atoms with Gasteiger partial charge in [-0.3, -0.25) is 4.79 Å². The summed E-state index contributed by atoms with van der Waals surface area (Å²) in [5.74, 6) is -1.01. The van der Waals surface area contributed by atoms with Crippen LogP contribution >= 0.6 is 0 Å². The maximum atomic E-state index is 13.2. The highest BCUT2D eigenvalue weighted by molar-refractivity contribution is 5.86. The third-order valence-electron chi connectivity index (χ3n) is 5.21. The lowest BCUT2D eigenvalue weighted by molar-refractivity contribution is -0.136. The van der Waals surface area contributed by atoms with Crippen LogP contribution in [0.2, 0.25) is 0 Å². The third-order valence-corrected chi connectivity index (χ3v) is 5.21. The molecule has 29 heavy (non-hydrogen) atoms. The average molecular weight is 387 g/mol. The molecule has 0 amide bonds. The molecule has 0 atom stereocenters. The topological polar surface area (TPSA) is 42.2 Å².